The second-order valence-corrected chi connectivity index (χ2v) is 6.24. The standard InChI is InChI=1S/C8H16BO4.C8H16BO3/c1-9-8-6(11)7(12-2)5(13-8)3-4-10;1-9-8-5-7(11-2)6(12-8)3-4-10/h5-8,10-11H,3-4H2,1-2H3;6-8,10H,3-5H2,1-2H3/t5-,6-,7?,8-;6-,7?,8-/m11/s1. The minimum absolute atomic E-state index is 0.0493. The summed E-state index contributed by atoms with van der Waals surface area (Å²) >= 11 is 0. The molecule has 2 aliphatic heterocycles. The lowest BCUT2D eigenvalue weighted by atomic mass is 9.72. The smallest absolute Gasteiger partial charge is 0.149 e. The molecule has 0 saturated carbocycles. The zero-order valence-corrected chi connectivity index (χ0v) is 15.7. The molecule has 0 amide bonds. The Balaban J connectivity index is 0.000000251. The van der Waals surface area contributed by atoms with Crippen molar-refractivity contribution in [3.8, 4) is 0 Å². The molecule has 3 N–H and O–H groups in total. The van der Waals surface area contributed by atoms with Crippen molar-refractivity contribution in [2.75, 3.05) is 27.4 Å². The molecule has 25 heavy (non-hydrogen) atoms. The first-order valence-electron chi connectivity index (χ1n) is 8.91. The third-order valence-corrected chi connectivity index (χ3v) is 4.70. The Morgan fingerprint density at radius 2 is 1.60 bits per heavy atom. The van der Waals surface area contributed by atoms with E-state index in [2.05, 4.69) is 0 Å². The van der Waals surface area contributed by atoms with Crippen molar-refractivity contribution >= 4 is 14.6 Å². The van der Waals surface area contributed by atoms with E-state index >= 15 is 0 Å². The Hall–Kier alpha value is -0.150. The Bertz CT molecular complexity index is 350. The van der Waals surface area contributed by atoms with E-state index in [0.29, 0.717) is 12.8 Å². The van der Waals surface area contributed by atoms with Crippen molar-refractivity contribution in [3.63, 3.8) is 0 Å². The van der Waals surface area contributed by atoms with Crippen LogP contribution in [0, 0.1) is 0 Å². The second-order valence-electron chi connectivity index (χ2n) is 6.24. The zero-order valence-electron chi connectivity index (χ0n) is 15.7. The fourth-order valence-electron chi connectivity index (χ4n) is 3.29. The number of methoxy groups -OCH3 is 2. The van der Waals surface area contributed by atoms with Gasteiger partial charge in [0, 0.05) is 33.4 Å². The van der Waals surface area contributed by atoms with Gasteiger partial charge in [-0.25, -0.2) is 0 Å². The quantitative estimate of drug-likeness (QED) is 0.502. The monoisotopic (exact) mass is 358 g/mol. The lowest BCUT2D eigenvalue weighted by Crippen LogP contribution is -2.36. The zero-order chi connectivity index (χ0) is 18.8. The van der Waals surface area contributed by atoms with E-state index in [1.807, 2.05) is 20.9 Å². The molecule has 0 aromatic rings. The topological polar surface area (TPSA) is 97.6 Å². The first-order chi connectivity index (χ1) is 12.1. The van der Waals surface area contributed by atoms with Gasteiger partial charge in [0.25, 0.3) is 0 Å². The minimum atomic E-state index is -0.619. The lowest BCUT2D eigenvalue weighted by Gasteiger charge is -2.17. The highest BCUT2D eigenvalue weighted by molar-refractivity contribution is 6.35. The van der Waals surface area contributed by atoms with Crippen LogP contribution in [0.25, 0.3) is 0 Å². The van der Waals surface area contributed by atoms with Crippen molar-refractivity contribution in [3.05, 3.63) is 0 Å². The molecule has 0 aromatic heterocycles. The lowest BCUT2D eigenvalue weighted by molar-refractivity contribution is -0.0183. The van der Waals surface area contributed by atoms with E-state index in [1.54, 1.807) is 21.5 Å². The molecule has 0 aliphatic carbocycles. The van der Waals surface area contributed by atoms with Crippen molar-refractivity contribution < 1.29 is 34.3 Å². The molecule has 2 aliphatic rings. The summed E-state index contributed by atoms with van der Waals surface area (Å²) in [5, 5.41) is 27.2. The van der Waals surface area contributed by atoms with E-state index in [1.165, 1.54) is 0 Å². The third kappa shape index (κ3) is 6.50. The molecule has 7 atom stereocenters. The van der Waals surface area contributed by atoms with Gasteiger partial charge >= 0.3 is 0 Å². The summed E-state index contributed by atoms with van der Waals surface area (Å²) in [5.41, 5.74) is 0. The summed E-state index contributed by atoms with van der Waals surface area (Å²) in [5.74, 6) is 0. The molecule has 2 saturated heterocycles. The van der Waals surface area contributed by atoms with Gasteiger partial charge in [0.05, 0.1) is 24.3 Å². The largest absolute Gasteiger partial charge is 0.396 e. The maximum Gasteiger partial charge on any atom is 0.149 e. The molecule has 0 spiro atoms. The van der Waals surface area contributed by atoms with Crippen LogP contribution in [-0.4, -0.2) is 99.8 Å². The summed E-state index contributed by atoms with van der Waals surface area (Å²) in [6.07, 6.45) is 1.16. The van der Waals surface area contributed by atoms with Gasteiger partial charge in [-0.15, -0.1) is 0 Å². The molecular weight excluding hydrogens is 326 g/mol. The molecule has 7 nitrogen and oxygen atoms in total. The van der Waals surface area contributed by atoms with Crippen molar-refractivity contribution in [1.29, 1.82) is 0 Å². The molecule has 2 heterocycles. The SMILES string of the molecule is C[B][C@@H]1O[C@H](CCO)C(OC)[C@H]1O.C[B][C@H]1CC(OC)[C@@H](CCO)O1. The Kier molecular flexibility index (Phi) is 11.2. The number of hydrogen-bond donors (Lipinski definition) is 3. The Morgan fingerprint density at radius 1 is 0.960 bits per heavy atom. The van der Waals surface area contributed by atoms with E-state index in [-0.39, 0.29) is 49.6 Å². The predicted octanol–water partition coefficient (Wildman–Crippen LogP) is -0.527. The number of hydrogen-bond acceptors (Lipinski definition) is 7. The molecule has 0 bridgehead atoms. The average molecular weight is 358 g/mol. The fraction of sp³-hybridized carbons (Fsp3) is 1.00. The first-order valence-corrected chi connectivity index (χ1v) is 8.91. The van der Waals surface area contributed by atoms with Gasteiger partial charge in [-0.05, 0) is 19.3 Å². The predicted molar refractivity (Wildman–Crippen MR) is 96.2 cm³/mol. The van der Waals surface area contributed by atoms with Crippen molar-refractivity contribution in [1.82, 2.24) is 0 Å². The molecule has 2 radical (unpaired) electrons. The summed E-state index contributed by atoms with van der Waals surface area (Å²) in [6.45, 7) is 4.04. The van der Waals surface area contributed by atoms with Crippen LogP contribution in [0.3, 0.4) is 0 Å². The van der Waals surface area contributed by atoms with E-state index in [9.17, 15) is 5.11 Å². The van der Waals surface area contributed by atoms with Crippen LogP contribution in [0.5, 0.6) is 0 Å². The molecule has 144 valence electrons. The average Bonchev–Trinajstić information content (AvgIpc) is 3.16. The minimum Gasteiger partial charge on any atom is -0.396 e. The highest BCUT2D eigenvalue weighted by Crippen LogP contribution is 2.25. The highest BCUT2D eigenvalue weighted by atomic mass is 16.6. The highest BCUT2D eigenvalue weighted by Gasteiger charge is 2.42. The molecule has 0 aromatic carbocycles. The van der Waals surface area contributed by atoms with Crippen LogP contribution in [0.15, 0.2) is 0 Å². The van der Waals surface area contributed by atoms with E-state index in [4.69, 9.17) is 29.2 Å². The number of ether oxygens (including phenoxy) is 4. The number of rotatable bonds is 8. The molecule has 9 heteroatoms. The van der Waals surface area contributed by atoms with Crippen LogP contribution in [-0.2, 0) is 18.9 Å². The maximum atomic E-state index is 9.68. The summed E-state index contributed by atoms with van der Waals surface area (Å²) in [7, 11) is 7.06. The number of aliphatic hydroxyl groups excluding tert-OH is 3. The van der Waals surface area contributed by atoms with Crippen LogP contribution in [0.4, 0.5) is 0 Å². The van der Waals surface area contributed by atoms with Crippen LogP contribution >= 0.6 is 0 Å². The van der Waals surface area contributed by atoms with E-state index < -0.39 is 6.10 Å². The second kappa shape index (κ2) is 12.3. The fourth-order valence-corrected chi connectivity index (χ4v) is 3.29. The van der Waals surface area contributed by atoms with Gasteiger partial charge in [0.2, 0.25) is 0 Å². The Labute approximate surface area is 152 Å². The third-order valence-electron chi connectivity index (χ3n) is 4.70. The van der Waals surface area contributed by atoms with Crippen molar-refractivity contribution in [2.24, 2.45) is 0 Å². The van der Waals surface area contributed by atoms with Gasteiger partial charge < -0.3 is 34.3 Å². The van der Waals surface area contributed by atoms with Crippen LogP contribution in [0.2, 0.25) is 13.6 Å². The summed E-state index contributed by atoms with van der Waals surface area (Å²) in [4.78, 5) is 0. The van der Waals surface area contributed by atoms with Gasteiger partial charge in [-0.1, -0.05) is 13.6 Å². The number of aliphatic hydroxyl groups is 3. The molecule has 2 fully saturated rings. The van der Waals surface area contributed by atoms with Crippen LogP contribution < -0.4 is 0 Å². The van der Waals surface area contributed by atoms with Gasteiger partial charge in [0.1, 0.15) is 26.8 Å². The molecule has 2 rings (SSSR count). The summed E-state index contributed by atoms with van der Waals surface area (Å²) in [6, 6.07) is -0.0759. The molecule has 2 unspecified atom stereocenters. The van der Waals surface area contributed by atoms with Crippen molar-refractivity contribution in [2.45, 2.75) is 75.4 Å². The van der Waals surface area contributed by atoms with Gasteiger partial charge in [-0.2, -0.15) is 0 Å². The van der Waals surface area contributed by atoms with Gasteiger partial charge in [-0.3, -0.25) is 0 Å². The van der Waals surface area contributed by atoms with Crippen LogP contribution in [0.1, 0.15) is 19.3 Å². The first kappa shape index (κ1) is 22.9. The summed E-state index contributed by atoms with van der Waals surface area (Å²) < 4.78 is 21.5. The molecular formula is C16H32B2O7. The Morgan fingerprint density at radius 3 is 2.08 bits per heavy atom. The van der Waals surface area contributed by atoms with Gasteiger partial charge in [0.15, 0.2) is 0 Å². The van der Waals surface area contributed by atoms with E-state index in [0.717, 1.165) is 6.42 Å². The normalized spacial score (nSPS) is 37.5. The maximum absolute atomic E-state index is 9.68.